The summed E-state index contributed by atoms with van der Waals surface area (Å²) in [6, 6.07) is 18.2. The third-order valence-corrected chi connectivity index (χ3v) is 11.9. The van der Waals surface area contributed by atoms with E-state index in [1.165, 1.54) is 7.11 Å². The van der Waals surface area contributed by atoms with Crippen LogP contribution in [-0.2, 0) is 9.57 Å². The van der Waals surface area contributed by atoms with Crippen molar-refractivity contribution < 1.29 is 48.3 Å². The molecule has 3 aromatic rings. The number of rotatable bonds is 19. The van der Waals surface area contributed by atoms with Crippen molar-refractivity contribution in [3.8, 4) is 29.1 Å². The number of ether oxygens (including phenoxy) is 5. The van der Waals surface area contributed by atoms with Crippen LogP contribution in [0, 0.1) is 29.1 Å². The first-order valence-corrected chi connectivity index (χ1v) is 20.8. The number of likely N-dealkylation sites (N-methyl/N-ethyl adjacent to an activating group) is 1. The number of benzene rings is 3. The largest absolute Gasteiger partial charge is 0.497 e. The minimum Gasteiger partial charge on any atom is -0.497 e. The SMILES string of the molecule is C=CCOC12Oc3ccc(OC(=O)Nc4ccc(OC)cc4OC)cc3C3C(CCCCO)C(CCCCO)C=C(C(=NOCC)CC1N(C)C(=O)c1ccc(C#N)cc1)C32. The molecule has 1 fully saturated rings. The number of amides is 2. The summed E-state index contributed by atoms with van der Waals surface area (Å²) in [4.78, 5) is 35.3. The Labute approximate surface area is 357 Å². The van der Waals surface area contributed by atoms with Crippen molar-refractivity contribution in [2.45, 2.75) is 69.6 Å². The van der Waals surface area contributed by atoms with Gasteiger partial charge in [0.1, 0.15) is 35.6 Å². The van der Waals surface area contributed by atoms with Crippen LogP contribution in [0.15, 0.2) is 90.1 Å². The predicted octanol–water partition coefficient (Wildman–Crippen LogP) is 7.61. The number of nitrogens with one attached hydrogen (secondary N) is 1. The molecule has 1 heterocycles. The van der Waals surface area contributed by atoms with E-state index in [0.29, 0.717) is 59.2 Å². The van der Waals surface area contributed by atoms with Gasteiger partial charge in [0.15, 0.2) is 0 Å². The van der Waals surface area contributed by atoms with Crippen molar-refractivity contribution in [3.05, 3.63) is 102 Å². The predicted molar refractivity (Wildman–Crippen MR) is 229 cm³/mol. The molecule has 0 saturated heterocycles. The molecule has 3 aromatic carbocycles. The van der Waals surface area contributed by atoms with Gasteiger partial charge >= 0.3 is 6.09 Å². The molecule has 3 N–H and O–H groups in total. The molecular weight excluding hydrogens is 781 g/mol. The van der Waals surface area contributed by atoms with Gasteiger partial charge < -0.3 is 43.6 Å². The molecule has 6 rings (SSSR count). The van der Waals surface area contributed by atoms with E-state index in [9.17, 15) is 25.1 Å². The van der Waals surface area contributed by atoms with Crippen LogP contribution in [0.1, 0.15) is 79.3 Å². The van der Waals surface area contributed by atoms with Gasteiger partial charge in [0.2, 0.25) is 5.79 Å². The average Bonchev–Trinajstić information content (AvgIpc) is 3.28. The van der Waals surface area contributed by atoms with E-state index in [2.05, 4.69) is 24.0 Å². The first kappa shape index (κ1) is 44.7. The number of aliphatic hydroxyl groups excluding tert-OH is 2. The van der Waals surface area contributed by atoms with Gasteiger partial charge in [0.25, 0.3) is 5.91 Å². The summed E-state index contributed by atoms with van der Waals surface area (Å²) in [6.45, 7) is 6.37. The molecule has 0 bridgehead atoms. The highest BCUT2D eigenvalue weighted by molar-refractivity contribution is 6.03. The second kappa shape index (κ2) is 20.6. The molecular formula is C47H56N4O10. The summed E-state index contributed by atoms with van der Waals surface area (Å²) in [5, 5.41) is 36.6. The number of allylic oxidation sites excluding steroid dienone is 1. The van der Waals surface area contributed by atoms with Crippen LogP contribution in [0.2, 0.25) is 0 Å². The van der Waals surface area contributed by atoms with Crippen LogP contribution in [0.3, 0.4) is 0 Å². The lowest BCUT2D eigenvalue weighted by atomic mass is 9.55. The van der Waals surface area contributed by atoms with Crippen molar-refractivity contribution in [3.63, 3.8) is 0 Å². The molecule has 6 unspecified atom stereocenters. The number of carbonyl (C=O) groups is 2. The molecule has 0 spiro atoms. The molecule has 0 aromatic heterocycles. The number of fused-ring (bicyclic) bond motifs is 2. The Balaban J connectivity index is 1.51. The molecule has 2 aliphatic carbocycles. The highest BCUT2D eigenvalue weighted by Crippen LogP contribution is 2.62. The maximum Gasteiger partial charge on any atom is 0.417 e. The second-order valence-corrected chi connectivity index (χ2v) is 15.4. The Hall–Kier alpha value is -5.88. The number of nitrogens with zero attached hydrogens (tertiary/aromatic N) is 3. The van der Waals surface area contributed by atoms with Crippen LogP contribution in [0.5, 0.6) is 23.0 Å². The molecule has 1 saturated carbocycles. The van der Waals surface area contributed by atoms with Crippen molar-refractivity contribution in [2.75, 3.05) is 53.0 Å². The molecule has 6 atom stereocenters. The zero-order chi connectivity index (χ0) is 43.5. The number of aliphatic hydroxyl groups is 2. The zero-order valence-corrected chi connectivity index (χ0v) is 35.3. The highest BCUT2D eigenvalue weighted by atomic mass is 16.7. The normalized spacial score (nSPS) is 22.9. The van der Waals surface area contributed by atoms with Crippen LogP contribution in [-0.4, -0.2) is 92.3 Å². The minimum atomic E-state index is -1.46. The van der Waals surface area contributed by atoms with Gasteiger partial charge in [-0.15, -0.1) is 6.58 Å². The molecule has 2 amide bonds. The van der Waals surface area contributed by atoms with Gasteiger partial charge in [-0.05, 0) is 105 Å². The number of nitriles is 1. The van der Waals surface area contributed by atoms with Crippen LogP contribution < -0.4 is 24.3 Å². The Morgan fingerprint density at radius 3 is 2.43 bits per heavy atom. The van der Waals surface area contributed by atoms with Crippen LogP contribution >= 0.6 is 0 Å². The number of anilines is 1. The van der Waals surface area contributed by atoms with Gasteiger partial charge in [-0.1, -0.05) is 30.1 Å². The maximum absolute atomic E-state index is 14.4. The first-order valence-electron chi connectivity index (χ1n) is 20.8. The average molecular weight is 837 g/mol. The summed E-state index contributed by atoms with van der Waals surface area (Å²) in [5.74, 6) is -0.918. The molecule has 14 nitrogen and oxygen atoms in total. The Bertz CT molecular complexity index is 2130. The monoisotopic (exact) mass is 836 g/mol. The number of unbranched alkanes of at least 4 members (excludes halogenated alkanes) is 2. The van der Waals surface area contributed by atoms with Gasteiger partial charge in [0, 0.05) is 49.8 Å². The van der Waals surface area contributed by atoms with Gasteiger partial charge in [-0.3, -0.25) is 10.1 Å². The topological polar surface area (TPSA) is 181 Å². The highest BCUT2D eigenvalue weighted by Gasteiger charge is 2.65. The van der Waals surface area contributed by atoms with E-state index in [-0.39, 0.29) is 55.7 Å². The number of methoxy groups -OCH3 is 2. The number of carbonyl (C=O) groups excluding carboxylic acids is 2. The number of hydrogen-bond acceptors (Lipinski definition) is 12. The Morgan fingerprint density at radius 2 is 1.75 bits per heavy atom. The molecule has 3 aliphatic rings. The summed E-state index contributed by atoms with van der Waals surface area (Å²) < 4.78 is 30.8. The number of hydrogen-bond donors (Lipinski definition) is 3. The molecule has 61 heavy (non-hydrogen) atoms. The Morgan fingerprint density at radius 1 is 1.02 bits per heavy atom. The zero-order valence-electron chi connectivity index (χ0n) is 35.3. The lowest BCUT2D eigenvalue weighted by Gasteiger charge is -2.59. The van der Waals surface area contributed by atoms with E-state index in [0.717, 1.165) is 36.8 Å². The lowest BCUT2D eigenvalue weighted by Crippen LogP contribution is -2.69. The second-order valence-electron chi connectivity index (χ2n) is 15.4. The van der Waals surface area contributed by atoms with Crippen LogP contribution in [0.25, 0.3) is 0 Å². The maximum atomic E-state index is 14.4. The van der Waals surface area contributed by atoms with Crippen molar-refractivity contribution in [2.24, 2.45) is 22.9 Å². The van der Waals surface area contributed by atoms with Crippen molar-refractivity contribution in [1.82, 2.24) is 4.90 Å². The number of oxime groups is 1. The minimum absolute atomic E-state index is 0.0151. The fourth-order valence-electron chi connectivity index (χ4n) is 9.11. The van der Waals surface area contributed by atoms with E-state index in [1.807, 2.05) is 13.0 Å². The van der Waals surface area contributed by atoms with E-state index in [4.69, 9.17) is 33.7 Å². The van der Waals surface area contributed by atoms with Crippen LogP contribution in [0.4, 0.5) is 10.5 Å². The van der Waals surface area contributed by atoms with Gasteiger partial charge in [0.05, 0.1) is 49.8 Å². The van der Waals surface area contributed by atoms with Gasteiger partial charge in [-0.25, -0.2) is 4.79 Å². The van der Waals surface area contributed by atoms with E-state index in [1.54, 1.807) is 79.7 Å². The van der Waals surface area contributed by atoms with Crippen molar-refractivity contribution in [1.29, 1.82) is 5.26 Å². The van der Waals surface area contributed by atoms with Crippen molar-refractivity contribution >= 4 is 23.4 Å². The molecule has 1 aliphatic heterocycles. The summed E-state index contributed by atoms with van der Waals surface area (Å²) in [5.41, 5.74) is 3.55. The molecule has 0 radical (unpaired) electrons. The fraction of sp³-hybridized carbons (Fsp3) is 0.447. The quantitative estimate of drug-likeness (QED) is 0.0614. The smallest absolute Gasteiger partial charge is 0.417 e. The van der Waals surface area contributed by atoms with E-state index < -0.39 is 23.8 Å². The summed E-state index contributed by atoms with van der Waals surface area (Å²) in [6.07, 6.45) is 7.68. The lowest BCUT2D eigenvalue weighted by molar-refractivity contribution is -0.252. The first-order chi connectivity index (χ1) is 29.7. The fourth-order valence-corrected chi connectivity index (χ4v) is 9.11. The third-order valence-electron chi connectivity index (χ3n) is 11.9. The standard InChI is InChI=1S/C47H56N4O10/c1-6-24-58-47-42(51(3)45(54)31-16-14-30(29-48)15-17-31)28-39(50-59-7-2)36-25-32(12-8-10-22-52)35(13-9-11-23-53)43(44(36)47)37-26-34(19-21-40(37)61-47)60-46(55)49-38-20-18-33(56-4)27-41(38)57-5/h6,14-21,25-27,32,35,42-44,52-53H,1,7-13,22-24,28H2,2-5H3,(H,49,55). The molecule has 324 valence electrons. The van der Waals surface area contributed by atoms with E-state index >= 15 is 0 Å². The Kier molecular flexibility index (Phi) is 15.1. The summed E-state index contributed by atoms with van der Waals surface area (Å²) in [7, 11) is 4.76. The summed E-state index contributed by atoms with van der Waals surface area (Å²) >= 11 is 0. The molecule has 14 heteroatoms. The third kappa shape index (κ3) is 9.54. The van der Waals surface area contributed by atoms with Gasteiger partial charge in [-0.2, -0.15) is 5.26 Å².